The topological polar surface area (TPSA) is 52.4 Å². The Hall–Kier alpha value is -2.28. The number of ether oxygens (including phenoxy) is 1. The van der Waals surface area contributed by atoms with Crippen LogP contribution in [0.3, 0.4) is 0 Å². The van der Waals surface area contributed by atoms with Gasteiger partial charge in [-0.15, -0.1) is 11.6 Å². The molecule has 21 heavy (non-hydrogen) atoms. The first-order valence-corrected chi connectivity index (χ1v) is 6.11. The van der Waals surface area contributed by atoms with Gasteiger partial charge in [-0.3, -0.25) is 10.1 Å². The van der Waals surface area contributed by atoms with Crippen LogP contribution in [0.2, 0.25) is 0 Å². The molecule has 2 aromatic rings. The first-order valence-electron chi connectivity index (χ1n) is 5.58. The number of halogens is 4. The van der Waals surface area contributed by atoms with E-state index in [-0.39, 0.29) is 17.2 Å². The van der Waals surface area contributed by atoms with Gasteiger partial charge in [0.2, 0.25) is 5.82 Å². The van der Waals surface area contributed by atoms with Crippen molar-refractivity contribution in [3.05, 3.63) is 63.5 Å². The zero-order valence-corrected chi connectivity index (χ0v) is 11.0. The molecule has 0 aliphatic rings. The van der Waals surface area contributed by atoms with Crippen LogP contribution in [0.4, 0.5) is 18.9 Å². The van der Waals surface area contributed by atoms with Gasteiger partial charge in [0.15, 0.2) is 17.4 Å². The quantitative estimate of drug-likeness (QED) is 0.472. The van der Waals surface area contributed by atoms with Crippen LogP contribution in [0.25, 0.3) is 0 Å². The summed E-state index contributed by atoms with van der Waals surface area (Å²) in [6.07, 6.45) is 0. The Balaban J connectivity index is 2.35. The highest BCUT2D eigenvalue weighted by Crippen LogP contribution is 2.31. The van der Waals surface area contributed by atoms with E-state index in [1.807, 2.05) is 0 Å². The SMILES string of the molecule is O=[N+]([O-])c1ccc(Oc2c(F)cc(CCl)cc2F)cc1F. The Kier molecular flexibility index (Phi) is 4.32. The van der Waals surface area contributed by atoms with Crippen LogP contribution >= 0.6 is 11.6 Å². The number of nitrogens with zero attached hydrogens (tertiary/aromatic N) is 1. The molecule has 0 aromatic heterocycles. The van der Waals surface area contributed by atoms with Crippen molar-refractivity contribution in [1.82, 2.24) is 0 Å². The van der Waals surface area contributed by atoms with E-state index in [0.29, 0.717) is 6.07 Å². The summed E-state index contributed by atoms with van der Waals surface area (Å²) in [5.74, 6) is -4.28. The Morgan fingerprint density at radius 3 is 2.19 bits per heavy atom. The normalized spacial score (nSPS) is 10.5. The van der Waals surface area contributed by atoms with Crippen molar-refractivity contribution in [2.24, 2.45) is 0 Å². The minimum Gasteiger partial charge on any atom is -0.451 e. The number of hydrogen-bond acceptors (Lipinski definition) is 3. The highest BCUT2D eigenvalue weighted by Gasteiger charge is 2.17. The van der Waals surface area contributed by atoms with Gasteiger partial charge in [-0.25, -0.2) is 8.78 Å². The van der Waals surface area contributed by atoms with Gasteiger partial charge in [0.05, 0.1) is 4.92 Å². The van der Waals surface area contributed by atoms with Gasteiger partial charge in [-0.1, -0.05) is 0 Å². The lowest BCUT2D eigenvalue weighted by Gasteiger charge is -2.09. The molecule has 0 atom stereocenters. The molecule has 0 unspecified atom stereocenters. The van der Waals surface area contributed by atoms with E-state index in [1.165, 1.54) is 0 Å². The van der Waals surface area contributed by atoms with E-state index in [9.17, 15) is 23.3 Å². The Bertz CT molecular complexity index is 686. The van der Waals surface area contributed by atoms with Crippen LogP contribution in [0, 0.1) is 27.6 Å². The summed E-state index contributed by atoms with van der Waals surface area (Å²) in [7, 11) is 0. The largest absolute Gasteiger partial charge is 0.451 e. The lowest BCUT2D eigenvalue weighted by molar-refractivity contribution is -0.387. The summed E-state index contributed by atoms with van der Waals surface area (Å²) in [4.78, 5) is 9.54. The van der Waals surface area contributed by atoms with Gasteiger partial charge in [0.25, 0.3) is 0 Å². The van der Waals surface area contributed by atoms with E-state index in [1.54, 1.807) is 0 Å². The second-order valence-corrected chi connectivity index (χ2v) is 4.26. The average Bonchev–Trinajstić information content (AvgIpc) is 2.42. The molecule has 0 bridgehead atoms. The molecule has 0 saturated heterocycles. The maximum absolute atomic E-state index is 13.7. The van der Waals surface area contributed by atoms with Crippen molar-refractivity contribution < 1.29 is 22.8 Å². The van der Waals surface area contributed by atoms with Crippen molar-refractivity contribution in [3.8, 4) is 11.5 Å². The fraction of sp³-hybridized carbons (Fsp3) is 0.0769. The number of rotatable bonds is 4. The third-order valence-electron chi connectivity index (χ3n) is 2.55. The summed E-state index contributed by atoms with van der Waals surface area (Å²) in [5.41, 5.74) is -0.547. The van der Waals surface area contributed by atoms with Gasteiger partial charge < -0.3 is 4.74 Å². The zero-order valence-electron chi connectivity index (χ0n) is 10.3. The molecule has 0 aliphatic heterocycles. The molecule has 2 aromatic carbocycles. The van der Waals surface area contributed by atoms with Crippen molar-refractivity contribution in [1.29, 1.82) is 0 Å². The van der Waals surface area contributed by atoms with E-state index >= 15 is 0 Å². The average molecular weight is 318 g/mol. The standard InChI is InChI=1S/C13H7ClF3NO3/c14-6-7-3-10(16)13(11(17)4-7)21-8-1-2-12(18(19)20)9(15)5-8/h1-5H,6H2. The molecule has 0 saturated carbocycles. The van der Waals surface area contributed by atoms with Gasteiger partial charge >= 0.3 is 5.69 Å². The fourth-order valence-electron chi connectivity index (χ4n) is 1.60. The fourth-order valence-corrected chi connectivity index (χ4v) is 1.76. The van der Waals surface area contributed by atoms with Crippen LogP contribution in [0.5, 0.6) is 11.5 Å². The number of hydrogen-bond donors (Lipinski definition) is 0. The van der Waals surface area contributed by atoms with Gasteiger partial charge in [-0.05, 0) is 23.8 Å². The lowest BCUT2D eigenvalue weighted by atomic mass is 10.2. The van der Waals surface area contributed by atoms with Crippen molar-refractivity contribution in [2.45, 2.75) is 5.88 Å². The molecular formula is C13H7ClF3NO3. The molecule has 2 rings (SSSR count). The van der Waals surface area contributed by atoms with E-state index in [0.717, 1.165) is 24.3 Å². The van der Waals surface area contributed by atoms with Crippen molar-refractivity contribution in [3.63, 3.8) is 0 Å². The molecule has 0 spiro atoms. The predicted molar refractivity (Wildman–Crippen MR) is 69.0 cm³/mol. The van der Waals surface area contributed by atoms with E-state index < -0.39 is 33.8 Å². The number of benzene rings is 2. The molecule has 0 N–H and O–H groups in total. The van der Waals surface area contributed by atoms with E-state index in [2.05, 4.69) is 0 Å². The minimum absolute atomic E-state index is 0.0831. The predicted octanol–water partition coefficient (Wildman–Crippen LogP) is 4.54. The van der Waals surface area contributed by atoms with Crippen LogP contribution in [0.1, 0.15) is 5.56 Å². The number of nitro groups is 1. The molecule has 0 amide bonds. The molecule has 8 heteroatoms. The van der Waals surface area contributed by atoms with Crippen LogP contribution in [-0.2, 0) is 5.88 Å². The van der Waals surface area contributed by atoms with E-state index in [4.69, 9.17) is 16.3 Å². The second kappa shape index (κ2) is 6.01. The monoisotopic (exact) mass is 317 g/mol. The summed E-state index contributed by atoms with van der Waals surface area (Å²) in [6, 6.07) is 4.51. The first-order chi connectivity index (χ1) is 9.92. The minimum atomic E-state index is -1.17. The lowest BCUT2D eigenvalue weighted by Crippen LogP contribution is -1.97. The molecule has 4 nitrogen and oxygen atoms in total. The Morgan fingerprint density at radius 1 is 1.10 bits per heavy atom. The molecule has 110 valence electrons. The molecule has 0 radical (unpaired) electrons. The highest BCUT2D eigenvalue weighted by molar-refractivity contribution is 6.17. The summed E-state index contributed by atoms with van der Waals surface area (Å²) in [6.45, 7) is 0. The smallest absolute Gasteiger partial charge is 0.305 e. The number of nitro benzene ring substituents is 1. The summed E-state index contributed by atoms with van der Waals surface area (Å²) in [5, 5.41) is 10.5. The Labute approximate surface area is 121 Å². The maximum Gasteiger partial charge on any atom is 0.305 e. The Morgan fingerprint density at radius 2 is 1.71 bits per heavy atom. The number of alkyl halides is 1. The molecule has 0 aliphatic carbocycles. The van der Waals surface area contributed by atoms with Crippen LogP contribution < -0.4 is 4.74 Å². The third kappa shape index (κ3) is 3.25. The molecular weight excluding hydrogens is 311 g/mol. The van der Waals surface area contributed by atoms with Gasteiger partial charge in [0, 0.05) is 18.0 Å². The zero-order chi connectivity index (χ0) is 15.6. The molecule has 0 heterocycles. The maximum atomic E-state index is 13.7. The van der Waals surface area contributed by atoms with Gasteiger partial charge in [-0.2, -0.15) is 4.39 Å². The van der Waals surface area contributed by atoms with Gasteiger partial charge in [0.1, 0.15) is 5.75 Å². The summed E-state index contributed by atoms with van der Waals surface area (Å²) < 4.78 is 45.6. The summed E-state index contributed by atoms with van der Waals surface area (Å²) >= 11 is 5.46. The third-order valence-corrected chi connectivity index (χ3v) is 2.86. The van der Waals surface area contributed by atoms with Crippen LogP contribution in [0.15, 0.2) is 30.3 Å². The highest BCUT2D eigenvalue weighted by atomic mass is 35.5. The van der Waals surface area contributed by atoms with Crippen molar-refractivity contribution in [2.75, 3.05) is 0 Å². The molecule has 0 fully saturated rings. The second-order valence-electron chi connectivity index (χ2n) is 3.99. The van der Waals surface area contributed by atoms with Crippen LogP contribution in [-0.4, -0.2) is 4.92 Å². The first kappa shape index (κ1) is 15.1. The van der Waals surface area contributed by atoms with Crippen molar-refractivity contribution >= 4 is 17.3 Å².